The van der Waals surface area contributed by atoms with Gasteiger partial charge in [0.1, 0.15) is 0 Å². The van der Waals surface area contributed by atoms with Crippen LogP contribution in [0.15, 0.2) is 48.8 Å². The Hall–Kier alpha value is -2.43. The van der Waals surface area contributed by atoms with Crippen LogP contribution in [0, 0.1) is 0 Å². The third kappa shape index (κ3) is 2.78. The van der Waals surface area contributed by atoms with Crippen molar-refractivity contribution >= 4 is 6.09 Å². The second-order valence-electron chi connectivity index (χ2n) is 3.33. The number of rotatable bonds is 3. The lowest BCUT2D eigenvalue weighted by atomic mass is 10.1. The third-order valence-corrected chi connectivity index (χ3v) is 2.15. The molecule has 0 saturated heterocycles. The van der Waals surface area contributed by atoms with Gasteiger partial charge in [0.25, 0.3) is 0 Å². The summed E-state index contributed by atoms with van der Waals surface area (Å²) in [7, 11) is 0. The average molecular weight is 229 g/mol. The zero-order chi connectivity index (χ0) is 12.1. The van der Waals surface area contributed by atoms with Gasteiger partial charge < -0.3 is 10.5 Å². The summed E-state index contributed by atoms with van der Waals surface area (Å²) >= 11 is 0. The highest BCUT2D eigenvalue weighted by molar-refractivity contribution is 5.65. The molecule has 86 valence electrons. The molecule has 5 nitrogen and oxygen atoms in total. The zero-order valence-corrected chi connectivity index (χ0v) is 8.98. The first-order valence-corrected chi connectivity index (χ1v) is 5.05. The van der Waals surface area contributed by atoms with Gasteiger partial charge in [0.15, 0.2) is 6.10 Å². The van der Waals surface area contributed by atoms with Crippen LogP contribution in [0.4, 0.5) is 4.79 Å². The summed E-state index contributed by atoms with van der Waals surface area (Å²) in [6.07, 6.45) is 1.71. The van der Waals surface area contributed by atoms with Crippen LogP contribution in [0.5, 0.6) is 0 Å². The fourth-order valence-corrected chi connectivity index (χ4v) is 1.45. The quantitative estimate of drug-likeness (QED) is 0.868. The van der Waals surface area contributed by atoms with Crippen LogP contribution in [0.3, 0.4) is 0 Å². The molecular formula is C12H11N3O2. The summed E-state index contributed by atoms with van der Waals surface area (Å²) in [6, 6.07) is 10.7. The van der Waals surface area contributed by atoms with E-state index in [1.807, 2.05) is 12.1 Å². The monoisotopic (exact) mass is 229 g/mol. The molecule has 0 fully saturated rings. The summed E-state index contributed by atoms with van der Waals surface area (Å²) in [5.41, 5.74) is 6.23. The Morgan fingerprint density at radius 2 is 1.59 bits per heavy atom. The molecule has 2 rings (SSSR count). The molecule has 1 amide bonds. The van der Waals surface area contributed by atoms with Gasteiger partial charge in [0.2, 0.25) is 0 Å². The molecule has 0 aliphatic rings. The van der Waals surface area contributed by atoms with Gasteiger partial charge in [-0.3, -0.25) is 9.97 Å². The smallest absolute Gasteiger partial charge is 0.405 e. The maximum Gasteiger partial charge on any atom is 0.405 e. The molecule has 0 aromatic carbocycles. The lowest BCUT2D eigenvalue weighted by Gasteiger charge is -2.15. The van der Waals surface area contributed by atoms with Gasteiger partial charge in [-0.05, 0) is 24.3 Å². The number of carbonyl (C=O) groups excluding carboxylic acids is 1. The first-order chi connectivity index (χ1) is 8.27. The predicted octanol–water partition coefficient (Wildman–Crippen LogP) is 1.66. The number of nitrogens with two attached hydrogens (primary N) is 1. The summed E-state index contributed by atoms with van der Waals surface area (Å²) in [4.78, 5) is 19.2. The Labute approximate surface area is 98.3 Å². The van der Waals surface area contributed by atoms with Crippen LogP contribution in [-0.2, 0) is 4.74 Å². The highest BCUT2D eigenvalue weighted by Crippen LogP contribution is 2.21. The summed E-state index contributed by atoms with van der Waals surface area (Å²) in [6.45, 7) is 0. The lowest BCUT2D eigenvalue weighted by Crippen LogP contribution is -2.19. The van der Waals surface area contributed by atoms with Crippen LogP contribution in [0.25, 0.3) is 0 Å². The van der Waals surface area contributed by atoms with Crippen LogP contribution in [0.1, 0.15) is 17.5 Å². The minimum absolute atomic E-state index is 0.588. The van der Waals surface area contributed by atoms with E-state index in [1.165, 1.54) is 0 Å². The van der Waals surface area contributed by atoms with Crippen molar-refractivity contribution in [2.24, 2.45) is 5.73 Å². The van der Waals surface area contributed by atoms with E-state index in [-0.39, 0.29) is 0 Å². The van der Waals surface area contributed by atoms with Crippen molar-refractivity contribution < 1.29 is 9.53 Å². The van der Waals surface area contributed by atoms with Gasteiger partial charge in [0, 0.05) is 12.4 Å². The number of aromatic nitrogens is 2. The highest BCUT2D eigenvalue weighted by atomic mass is 16.6. The Bertz CT molecular complexity index is 448. The minimum atomic E-state index is -0.855. The molecule has 17 heavy (non-hydrogen) atoms. The van der Waals surface area contributed by atoms with Crippen molar-refractivity contribution in [2.45, 2.75) is 6.10 Å². The summed E-state index contributed by atoms with van der Waals surface area (Å²) in [5.74, 6) is 0. The Kier molecular flexibility index (Phi) is 3.30. The number of pyridine rings is 2. The van der Waals surface area contributed by atoms with E-state index in [2.05, 4.69) is 9.97 Å². The molecule has 5 heteroatoms. The first kappa shape index (κ1) is 11.1. The Balaban J connectivity index is 2.36. The normalized spacial score (nSPS) is 10.2. The molecule has 0 radical (unpaired) electrons. The van der Waals surface area contributed by atoms with Crippen molar-refractivity contribution in [3.05, 3.63) is 60.2 Å². The number of ether oxygens (including phenoxy) is 1. The summed E-state index contributed by atoms with van der Waals surface area (Å²) < 4.78 is 5.04. The third-order valence-electron chi connectivity index (χ3n) is 2.15. The molecule has 0 aliphatic heterocycles. The highest BCUT2D eigenvalue weighted by Gasteiger charge is 2.19. The molecule has 0 unspecified atom stereocenters. The van der Waals surface area contributed by atoms with Crippen LogP contribution in [0.2, 0.25) is 0 Å². The number of primary amides is 1. The standard InChI is InChI=1S/C12H11N3O2/c13-12(16)17-11(9-5-1-3-7-14-9)10-6-2-4-8-15-10/h1-8,11H,(H2,13,16). The van der Waals surface area contributed by atoms with Crippen molar-refractivity contribution in [2.75, 3.05) is 0 Å². The van der Waals surface area contributed by atoms with Crippen LogP contribution >= 0.6 is 0 Å². The molecule has 0 spiro atoms. The summed E-state index contributed by atoms with van der Waals surface area (Å²) in [5, 5.41) is 0. The van der Waals surface area contributed by atoms with Crippen molar-refractivity contribution in [3.63, 3.8) is 0 Å². The molecule has 0 saturated carbocycles. The molecular weight excluding hydrogens is 218 g/mol. The molecule has 0 atom stereocenters. The number of hydrogen-bond acceptors (Lipinski definition) is 4. The van der Waals surface area contributed by atoms with Crippen LogP contribution < -0.4 is 5.73 Å². The molecule has 2 N–H and O–H groups in total. The SMILES string of the molecule is NC(=O)OC(c1ccccn1)c1ccccn1. The van der Waals surface area contributed by atoms with Gasteiger partial charge >= 0.3 is 6.09 Å². The lowest BCUT2D eigenvalue weighted by molar-refractivity contribution is 0.122. The van der Waals surface area contributed by atoms with Gasteiger partial charge in [-0.2, -0.15) is 0 Å². The topological polar surface area (TPSA) is 78.1 Å². The zero-order valence-electron chi connectivity index (χ0n) is 8.98. The van der Waals surface area contributed by atoms with Crippen molar-refractivity contribution in [3.8, 4) is 0 Å². The fraction of sp³-hybridized carbons (Fsp3) is 0.0833. The first-order valence-electron chi connectivity index (χ1n) is 5.05. The maximum absolute atomic E-state index is 10.9. The average Bonchev–Trinajstić information content (AvgIpc) is 2.38. The number of nitrogens with zero attached hydrogens (tertiary/aromatic N) is 2. The number of carbonyl (C=O) groups is 1. The molecule has 0 bridgehead atoms. The van der Waals surface area contributed by atoms with E-state index in [9.17, 15) is 4.79 Å². The van der Waals surface area contributed by atoms with Crippen LogP contribution in [-0.4, -0.2) is 16.1 Å². The Morgan fingerprint density at radius 3 is 1.94 bits per heavy atom. The molecule has 0 aliphatic carbocycles. The van der Waals surface area contributed by atoms with Gasteiger partial charge in [-0.15, -0.1) is 0 Å². The number of amides is 1. The molecule has 2 heterocycles. The minimum Gasteiger partial charge on any atom is -0.433 e. The van der Waals surface area contributed by atoms with Gasteiger partial charge in [0.05, 0.1) is 11.4 Å². The second kappa shape index (κ2) is 5.07. The van der Waals surface area contributed by atoms with E-state index < -0.39 is 12.2 Å². The second-order valence-corrected chi connectivity index (χ2v) is 3.33. The van der Waals surface area contributed by atoms with E-state index in [0.717, 1.165) is 0 Å². The fourth-order valence-electron chi connectivity index (χ4n) is 1.45. The molecule has 2 aromatic heterocycles. The van der Waals surface area contributed by atoms with E-state index in [4.69, 9.17) is 10.5 Å². The van der Waals surface area contributed by atoms with Crippen molar-refractivity contribution in [1.82, 2.24) is 9.97 Å². The van der Waals surface area contributed by atoms with Gasteiger partial charge in [-0.25, -0.2) is 4.79 Å². The van der Waals surface area contributed by atoms with E-state index >= 15 is 0 Å². The van der Waals surface area contributed by atoms with Crippen molar-refractivity contribution in [1.29, 1.82) is 0 Å². The van der Waals surface area contributed by atoms with Gasteiger partial charge in [-0.1, -0.05) is 12.1 Å². The van der Waals surface area contributed by atoms with E-state index in [1.54, 1.807) is 36.7 Å². The van der Waals surface area contributed by atoms with E-state index in [0.29, 0.717) is 11.4 Å². The maximum atomic E-state index is 10.9. The predicted molar refractivity (Wildman–Crippen MR) is 61.0 cm³/mol. The largest absolute Gasteiger partial charge is 0.433 e. The number of hydrogen-bond donors (Lipinski definition) is 1. The Morgan fingerprint density at radius 1 is 1.06 bits per heavy atom. The molecule has 2 aromatic rings.